The molecule has 1 unspecified atom stereocenters. The molecule has 0 spiro atoms. The number of hydrogen-bond donors (Lipinski definition) is 3. The Bertz CT molecular complexity index is 367. The molecule has 0 fully saturated rings. The number of nitrogens with one attached hydrogen (secondary N) is 1. The molecule has 0 amide bonds. The highest BCUT2D eigenvalue weighted by molar-refractivity contribution is 5.61. The predicted octanol–water partition coefficient (Wildman–Crippen LogP) is 2.63. The molecule has 1 atom stereocenters. The second kappa shape index (κ2) is 7.11. The van der Waals surface area contributed by atoms with Crippen molar-refractivity contribution in [3.05, 3.63) is 18.2 Å². The lowest BCUT2D eigenvalue weighted by molar-refractivity contribution is 0.244. The minimum absolute atomic E-state index is 0.0990. The van der Waals surface area contributed by atoms with Crippen LogP contribution in [0, 0.1) is 0 Å². The Hall–Kier alpha value is -1.42. The number of nitrogens with two attached hydrogens (primary N) is 1. The molecule has 1 aromatic carbocycles. The Morgan fingerprint density at radius 3 is 2.67 bits per heavy atom. The Labute approximate surface area is 109 Å². The molecule has 0 radical (unpaired) electrons. The topological polar surface area (TPSA) is 67.5 Å². The van der Waals surface area contributed by atoms with E-state index in [1.54, 1.807) is 0 Å². The van der Waals surface area contributed by atoms with Crippen LogP contribution in [-0.4, -0.2) is 23.9 Å². The van der Waals surface area contributed by atoms with Gasteiger partial charge in [0.05, 0.1) is 11.8 Å². The fourth-order valence-corrected chi connectivity index (χ4v) is 1.75. The maximum Gasteiger partial charge on any atom is 0.144 e. The third-order valence-corrected chi connectivity index (χ3v) is 2.72. The number of ether oxygens (including phenoxy) is 1. The van der Waals surface area contributed by atoms with Crippen LogP contribution in [0.1, 0.15) is 33.6 Å². The first-order chi connectivity index (χ1) is 8.56. The minimum Gasteiger partial charge on any atom is -0.489 e. The Kier molecular flexibility index (Phi) is 5.78. The number of aliphatic hydroxyl groups excluding tert-OH is 1. The molecule has 1 rings (SSSR count). The van der Waals surface area contributed by atoms with Crippen LogP contribution in [0.4, 0.5) is 11.4 Å². The van der Waals surface area contributed by atoms with E-state index in [1.165, 1.54) is 0 Å². The van der Waals surface area contributed by atoms with Crippen LogP contribution in [0.25, 0.3) is 0 Å². The molecule has 0 saturated carbocycles. The standard InChI is InChI=1S/C14H24N2O2/c1-4-11(7-8-17)16-12-5-6-13(15)14(9-12)18-10(2)3/h5-6,9-11,16-17H,4,7-8,15H2,1-3H3. The van der Waals surface area contributed by atoms with Gasteiger partial charge in [0.15, 0.2) is 0 Å². The van der Waals surface area contributed by atoms with E-state index in [-0.39, 0.29) is 18.8 Å². The summed E-state index contributed by atoms with van der Waals surface area (Å²) in [6.45, 7) is 6.23. The van der Waals surface area contributed by atoms with E-state index >= 15 is 0 Å². The van der Waals surface area contributed by atoms with E-state index in [9.17, 15) is 0 Å². The van der Waals surface area contributed by atoms with Crippen LogP contribution in [-0.2, 0) is 0 Å². The second-order valence-electron chi connectivity index (χ2n) is 4.68. The van der Waals surface area contributed by atoms with E-state index in [0.29, 0.717) is 11.4 Å². The average molecular weight is 252 g/mol. The lowest BCUT2D eigenvalue weighted by Crippen LogP contribution is -2.20. The minimum atomic E-state index is 0.0990. The molecule has 18 heavy (non-hydrogen) atoms. The van der Waals surface area contributed by atoms with Gasteiger partial charge in [0, 0.05) is 24.4 Å². The van der Waals surface area contributed by atoms with Gasteiger partial charge in [0.2, 0.25) is 0 Å². The summed E-state index contributed by atoms with van der Waals surface area (Å²) < 4.78 is 5.65. The van der Waals surface area contributed by atoms with Crippen molar-refractivity contribution >= 4 is 11.4 Å². The number of nitrogen functional groups attached to an aromatic ring is 1. The number of anilines is 2. The summed E-state index contributed by atoms with van der Waals surface area (Å²) in [7, 11) is 0. The first-order valence-corrected chi connectivity index (χ1v) is 6.50. The summed E-state index contributed by atoms with van der Waals surface area (Å²) >= 11 is 0. The summed E-state index contributed by atoms with van der Waals surface area (Å²) in [5.41, 5.74) is 7.48. The zero-order valence-corrected chi connectivity index (χ0v) is 11.4. The zero-order valence-electron chi connectivity index (χ0n) is 11.4. The van der Waals surface area contributed by atoms with Crippen LogP contribution in [0.3, 0.4) is 0 Å². The van der Waals surface area contributed by atoms with Crippen molar-refractivity contribution in [3.63, 3.8) is 0 Å². The van der Waals surface area contributed by atoms with Crippen LogP contribution in [0.5, 0.6) is 5.75 Å². The maximum atomic E-state index is 8.98. The highest BCUT2D eigenvalue weighted by atomic mass is 16.5. The normalized spacial score (nSPS) is 12.5. The largest absolute Gasteiger partial charge is 0.489 e. The number of hydrogen-bond acceptors (Lipinski definition) is 4. The molecule has 4 nitrogen and oxygen atoms in total. The molecule has 0 bridgehead atoms. The third-order valence-electron chi connectivity index (χ3n) is 2.72. The summed E-state index contributed by atoms with van der Waals surface area (Å²) in [4.78, 5) is 0. The fourth-order valence-electron chi connectivity index (χ4n) is 1.75. The van der Waals surface area contributed by atoms with Gasteiger partial charge >= 0.3 is 0 Å². The van der Waals surface area contributed by atoms with Crippen LogP contribution >= 0.6 is 0 Å². The first kappa shape index (κ1) is 14.6. The monoisotopic (exact) mass is 252 g/mol. The van der Waals surface area contributed by atoms with Gasteiger partial charge in [-0.2, -0.15) is 0 Å². The molecular formula is C14H24N2O2. The van der Waals surface area contributed by atoms with Gasteiger partial charge in [-0.15, -0.1) is 0 Å². The maximum absolute atomic E-state index is 8.98. The van der Waals surface area contributed by atoms with Crippen molar-refractivity contribution in [1.82, 2.24) is 0 Å². The van der Waals surface area contributed by atoms with Gasteiger partial charge in [-0.05, 0) is 38.8 Å². The lowest BCUT2D eigenvalue weighted by Gasteiger charge is -2.19. The molecule has 0 heterocycles. The molecule has 0 aliphatic carbocycles. The van der Waals surface area contributed by atoms with Gasteiger partial charge in [-0.25, -0.2) is 0 Å². The van der Waals surface area contributed by atoms with Crippen molar-refractivity contribution in [1.29, 1.82) is 0 Å². The van der Waals surface area contributed by atoms with E-state index in [4.69, 9.17) is 15.6 Å². The third kappa shape index (κ3) is 4.45. The Morgan fingerprint density at radius 2 is 2.11 bits per heavy atom. The fraction of sp³-hybridized carbons (Fsp3) is 0.571. The SMILES string of the molecule is CCC(CCO)Nc1ccc(N)c(OC(C)C)c1. The molecule has 0 saturated heterocycles. The van der Waals surface area contributed by atoms with Crippen molar-refractivity contribution in [3.8, 4) is 5.75 Å². The lowest BCUT2D eigenvalue weighted by atomic mass is 10.1. The van der Waals surface area contributed by atoms with Crippen molar-refractivity contribution in [2.75, 3.05) is 17.7 Å². The zero-order chi connectivity index (χ0) is 13.5. The Morgan fingerprint density at radius 1 is 1.39 bits per heavy atom. The van der Waals surface area contributed by atoms with Gasteiger partial charge in [0.1, 0.15) is 5.75 Å². The number of rotatable bonds is 7. The number of aliphatic hydroxyl groups is 1. The van der Waals surface area contributed by atoms with Crippen molar-refractivity contribution in [2.24, 2.45) is 0 Å². The van der Waals surface area contributed by atoms with Crippen LogP contribution in [0.2, 0.25) is 0 Å². The molecule has 1 aromatic rings. The van der Waals surface area contributed by atoms with E-state index < -0.39 is 0 Å². The molecule has 0 aromatic heterocycles. The molecule has 4 heteroatoms. The van der Waals surface area contributed by atoms with E-state index in [2.05, 4.69) is 12.2 Å². The summed E-state index contributed by atoms with van der Waals surface area (Å²) in [5.74, 6) is 0.703. The first-order valence-electron chi connectivity index (χ1n) is 6.50. The van der Waals surface area contributed by atoms with Crippen LogP contribution in [0.15, 0.2) is 18.2 Å². The average Bonchev–Trinajstić information content (AvgIpc) is 2.32. The summed E-state index contributed by atoms with van der Waals surface area (Å²) in [5, 5.41) is 12.4. The molecule has 0 aliphatic rings. The molecular weight excluding hydrogens is 228 g/mol. The quantitative estimate of drug-likeness (QED) is 0.653. The Balaban J connectivity index is 2.77. The van der Waals surface area contributed by atoms with E-state index in [1.807, 2.05) is 32.0 Å². The van der Waals surface area contributed by atoms with Gasteiger partial charge in [-0.3, -0.25) is 0 Å². The van der Waals surface area contributed by atoms with Crippen molar-refractivity contribution in [2.45, 2.75) is 45.8 Å². The number of benzene rings is 1. The molecule has 4 N–H and O–H groups in total. The predicted molar refractivity (Wildman–Crippen MR) is 76.0 cm³/mol. The van der Waals surface area contributed by atoms with E-state index in [0.717, 1.165) is 18.5 Å². The molecule has 0 aliphatic heterocycles. The van der Waals surface area contributed by atoms with Gasteiger partial charge in [0.25, 0.3) is 0 Å². The van der Waals surface area contributed by atoms with Crippen LogP contribution < -0.4 is 15.8 Å². The molecule has 102 valence electrons. The highest BCUT2D eigenvalue weighted by Crippen LogP contribution is 2.27. The highest BCUT2D eigenvalue weighted by Gasteiger charge is 2.08. The summed E-state index contributed by atoms with van der Waals surface area (Å²) in [6, 6.07) is 5.95. The van der Waals surface area contributed by atoms with Gasteiger partial charge in [-0.1, -0.05) is 6.92 Å². The smallest absolute Gasteiger partial charge is 0.144 e. The second-order valence-corrected chi connectivity index (χ2v) is 4.68. The van der Waals surface area contributed by atoms with Crippen molar-refractivity contribution < 1.29 is 9.84 Å². The van der Waals surface area contributed by atoms with Gasteiger partial charge < -0.3 is 20.9 Å². The summed E-state index contributed by atoms with van der Waals surface area (Å²) in [6.07, 6.45) is 1.80.